The van der Waals surface area contributed by atoms with Crippen molar-refractivity contribution in [2.75, 3.05) is 5.32 Å². The molecule has 0 aliphatic rings. The van der Waals surface area contributed by atoms with Crippen molar-refractivity contribution in [3.8, 4) is 11.1 Å². The van der Waals surface area contributed by atoms with E-state index < -0.39 is 11.5 Å². The van der Waals surface area contributed by atoms with Crippen molar-refractivity contribution in [1.82, 2.24) is 0 Å². The van der Waals surface area contributed by atoms with Crippen LogP contribution in [0.4, 0.5) is 5.69 Å². The number of fused-ring (bicyclic) bond motifs is 1. The molecule has 4 aromatic rings. The third-order valence-electron chi connectivity index (χ3n) is 5.36. The largest absolute Gasteiger partial charge is 0.416 e. The molecular formula is C26H23NO3. The second-order valence-corrected chi connectivity index (χ2v) is 7.42. The maximum atomic E-state index is 13.3. The van der Waals surface area contributed by atoms with Crippen molar-refractivity contribution in [1.29, 1.82) is 0 Å². The normalized spacial score (nSPS) is 10.9. The van der Waals surface area contributed by atoms with Crippen LogP contribution < -0.4 is 10.9 Å². The van der Waals surface area contributed by atoms with Gasteiger partial charge in [0.1, 0.15) is 0 Å². The minimum Gasteiger partial charge on any atom is -0.416 e. The van der Waals surface area contributed by atoms with Crippen molar-refractivity contribution >= 4 is 22.4 Å². The van der Waals surface area contributed by atoms with Gasteiger partial charge >= 0.3 is 5.63 Å². The van der Waals surface area contributed by atoms with Gasteiger partial charge in [-0.05, 0) is 43.0 Å². The molecule has 1 aromatic heterocycles. The highest BCUT2D eigenvalue weighted by molar-refractivity contribution is 6.12. The van der Waals surface area contributed by atoms with Crippen molar-refractivity contribution in [3.63, 3.8) is 0 Å². The summed E-state index contributed by atoms with van der Waals surface area (Å²) in [5, 5.41) is 4.14. The van der Waals surface area contributed by atoms with E-state index >= 15 is 0 Å². The van der Waals surface area contributed by atoms with Crippen LogP contribution in [0.15, 0.2) is 75.9 Å². The number of anilines is 1. The van der Waals surface area contributed by atoms with E-state index in [-0.39, 0.29) is 5.76 Å². The van der Waals surface area contributed by atoms with E-state index in [0.717, 1.165) is 34.4 Å². The van der Waals surface area contributed by atoms with Crippen LogP contribution in [0.1, 0.15) is 34.2 Å². The zero-order valence-electron chi connectivity index (χ0n) is 17.3. The van der Waals surface area contributed by atoms with E-state index in [1.54, 1.807) is 12.1 Å². The molecule has 4 nitrogen and oxygen atoms in total. The number of benzene rings is 3. The van der Waals surface area contributed by atoms with E-state index in [1.165, 1.54) is 0 Å². The fourth-order valence-corrected chi connectivity index (χ4v) is 3.74. The van der Waals surface area contributed by atoms with E-state index in [9.17, 15) is 9.59 Å². The molecular weight excluding hydrogens is 374 g/mol. The van der Waals surface area contributed by atoms with Crippen LogP contribution in [-0.4, -0.2) is 5.91 Å². The minimum absolute atomic E-state index is 0.0212. The van der Waals surface area contributed by atoms with E-state index in [1.807, 2.05) is 75.4 Å². The lowest BCUT2D eigenvalue weighted by Crippen LogP contribution is -2.18. The van der Waals surface area contributed by atoms with Crippen molar-refractivity contribution in [3.05, 3.63) is 99.6 Å². The van der Waals surface area contributed by atoms with Crippen molar-refractivity contribution < 1.29 is 9.21 Å². The maximum absolute atomic E-state index is 13.3. The minimum atomic E-state index is -0.521. The second-order valence-electron chi connectivity index (χ2n) is 7.42. The summed E-state index contributed by atoms with van der Waals surface area (Å²) in [5.41, 5.74) is 4.79. The van der Waals surface area contributed by atoms with Crippen LogP contribution in [0.2, 0.25) is 0 Å². The highest BCUT2D eigenvalue weighted by Crippen LogP contribution is 2.32. The Hall–Kier alpha value is -3.66. The molecule has 3 aromatic carbocycles. The Morgan fingerprint density at radius 1 is 0.900 bits per heavy atom. The van der Waals surface area contributed by atoms with Gasteiger partial charge in [-0.1, -0.05) is 73.2 Å². The summed E-state index contributed by atoms with van der Waals surface area (Å²) in [4.78, 5) is 26.0. The van der Waals surface area contributed by atoms with Gasteiger partial charge in [-0.2, -0.15) is 0 Å². The molecule has 4 heteroatoms. The summed E-state index contributed by atoms with van der Waals surface area (Å²) in [6.45, 7) is 6.00. The molecule has 150 valence electrons. The molecule has 1 amide bonds. The highest BCUT2D eigenvalue weighted by atomic mass is 16.4. The number of rotatable bonds is 4. The molecule has 0 spiro atoms. The van der Waals surface area contributed by atoms with Gasteiger partial charge in [0.15, 0.2) is 0 Å². The number of carbonyl (C=O) groups is 1. The first-order valence-electron chi connectivity index (χ1n) is 10.0. The molecule has 0 unspecified atom stereocenters. The summed E-state index contributed by atoms with van der Waals surface area (Å²) < 4.78 is 5.59. The Morgan fingerprint density at radius 3 is 2.30 bits per heavy atom. The topological polar surface area (TPSA) is 59.3 Å². The predicted molar refractivity (Wildman–Crippen MR) is 121 cm³/mol. The molecule has 30 heavy (non-hydrogen) atoms. The van der Waals surface area contributed by atoms with Gasteiger partial charge < -0.3 is 9.73 Å². The SMILES string of the molecule is CCc1cccc(C)c1NC(=O)c1oc(=O)c2ccccc2c1-c1ccc(C)cc1. The average molecular weight is 397 g/mol. The zero-order chi connectivity index (χ0) is 21.3. The van der Waals surface area contributed by atoms with E-state index in [4.69, 9.17) is 4.42 Å². The Morgan fingerprint density at radius 2 is 1.60 bits per heavy atom. The fourth-order valence-electron chi connectivity index (χ4n) is 3.74. The van der Waals surface area contributed by atoms with Gasteiger partial charge in [0.2, 0.25) is 5.76 Å². The highest BCUT2D eigenvalue weighted by Gasteiger charge is 2.22. The standard InChI is InChI=1S/C26H23NO3/c1-4-18-9-7-8-17(3)23(18)27-25(28)24-22(19-14-12-16(2)13-15-19)20-10-5-6-11-21(20)26(29)30-24/h5-15H,4H2,1-3H3,(H,27,28). The van der Waals surface area contributed by atoms with Gasteiger partial charge in [0, 0.05) is 16.6 Å². The van der Waals surface area contributed by atoms with Crippen LogP contribution >= 0.6 is 0 Å². The first-order valence-corrected chi connectivity index (χ1v) is 10.0. The zero-order valence-corrected chi connectivity index (χ0v) is 17.3. The van der Waals surface area contributed by atoms with Gasteiger partial charge in [0.25, 0.3) is 5.91 Å². The smallest absolute Gasteiger partial charge is 0.344 e. The Kier molecular flexibility index (Phi) is 5.23. The quantitative estimate of drug-likeness (QED) is 0.467. The average Bonchev–Trinajstić information content (AvgIpc) is 2.76. The van der Waals surface area contributed by atoms with Gasteiger partial charge in [-0.3, -0.25) is 4.79 Å². The molecule has 0 saturated carbocycles. The second kappa shape index (κ2) is 7.99. The van der Waals surface area contributed by atoms with Crippen molar-refractivity contribution in [2.45, 2.75) is 27.2 Å². The van der Waals surface area contributed by atoms with Gasteiger partial charge in [0.05, 0.1) is 5.39 Å². The number of nitrogens with one attached hydrogen (secondary N) is 1. The van der Waals surface area contributed by atoms with Crippen molar-refractivity contribution in [2.24, 2.45) is 0 Å². The lowest BCUT2D eigenvalue weighted by molar-refractivity contribution is 0.0994. The number of para-hydroxylation sites is 1. The number of hydrogen-bond donors (Lipinski definition) is 1. The molecule has 4 rings (SSSR count). The Labute approximate surface area is 175 Å². The maximum Gasteiger partial charge on any atom is 0.344 e. The molecule has 0 aliphatic carbocycles. The molecule has 0 aliphatic heterocycles. The van der Waals surface area contributed by atoms with Crippen LogP contribution in [0, 0.1) is 13.8 Å². The molecule has 0 fully saturated rings. The predicted octanol–water partition coefficient (Wildman–Crippen LogP) is 5.89. The lowest BCUT2D eigenvalue weighted by atomic mass is 9.97. The van der Waals surface area contributed by atoms with Crippen LogP contribution in [-0.2, 0) is 6.42 Å². The summed E-state index contributed by atoms with van der Waals surface area (Å²) in [6.07, 6.45) is 0.782. The summed E-state index contributed by atoms with van der Waals surface area (Å²) in [7, 11) is 0. The number of carbonyl (C=O) groups excluding carboxylic acids is 1. The summed E-state index contributed by atoms with van der Waals surface area (Å²) >= 11 is 0. The molecule has 1 heterocycles. The first kappa shape index (κ1) is 19.6. The molecule has 1 N–H and O–H groups in total. The summed E-state index contributed by atoms with van der Waals surface area (Å²) in [5.74, 6) is -0.412. The third-order valence-corrected chi connectivity index (χ3v) is 5.36. The Balaban J connectivity index is 1.93. The molecule has 0 bridgehead atoms. The monoisotopic (exact) mass is 397 g/mol. The number of aryl methyl sites for hydroxylation is 3. The molecule has 0 atom stereocenters. The van der Waals surface area contributed by atoms with Gasteiger partial charge in [-0.15, -0.1) is 0 Å². The fraction of sp³-hybridized carbons (Fsp3) is 0.154. The number of amides is 1. The molecule has 0 saturated heterocycles. The summed E-state index contributed by atoms with van der Waals surface area (Å²) in [6, 6.07) is 21.0. The lowest BCUT2D eigenvalue weighted by Gasteiger charge is -2.15. The Bertz CT molecular complexity index is 1300. The van der Waals surface area contributed by atoms with Crippen LogP contribution in [0.25, 0.3) is 21.9 Å². The third kappa shape index (κ3) is 3.52. The van der Waals surface area contributed by atoms with Crippen LogP contribution in [0.3, 0.4) is 0 Å². The first-order chi connectivity index (χ1) is 14.5. The van der Waals surface area contributed by atoms with Gasteiger partial charge in [-0.25, -0.2) is 4.79 Å². The van der Waals surface area contributed by atoms with Crippen LogP contribution in [0.5, 0.6) is 0 Å². The number of hydrogen-bond acceptors (Lipinski definition) is 3. The van der Waals surface area contributed by atoms with E-state index in [0.29, 0.717) is 16.3 Å². The molecule has 0 radical (unpaired) electrons. The van der Waals surface area contributed by atoms with E-state index in [2.05, 4.69) is 5.32 Å².